The molecule has 0 bridgehead atoms. The molecule has 0 aliphatic heterocycles. The third-order valence-electron chi connectivity index (χ3n) is 3.87. The van der Waals surface area contributed by atoms with Crippen molar-refractivity contribution in [2.75, 3.05) is 6.61 Å². The summed E-state index contributed by atoms with van der Waals surface area (Å²) in [6, 6.07) is 7.47. The molecule has 4 nitrogen and oxygen atoms in total. The molecule has 2 rings (SSSR count). The van der Waals surface area contributed by atoms with E-state index in [0.29, 0.717) is 17.4 Å². The third-order valence-corrected chi connectivity index (χ3v) is 3.87. The minimum atomic E-state index is -0.459. The molecular formula is C17H23NO3. The number of hydrogen-bond donors (Lipinski definition) is 1. The van der Waals surface area contributed by atoms with E-state index in [1.165, 1.54) is 18.4 Å². The van der Waals surface area contributed by atoms with Crippen LogP contribution in [0.4, 0.5) is 0 Å². The first kappa shape index (κ1) is 15.5. The lowest BCUT2D eigenvalue weighted by Crippen LogP contribution is -2.37. The van der Waals surface area contributed by atoms with Crippen LogP contribution in [-0.2, 0) is 9.53 Å². The summed E-state index contributed by atoms with van der Waals surface area (Å²) in [5, 5.41) is 2.86. The summed E-state index contributed by atoms with van der Waals surface area (Å²) in [5.74, 6) is 0.319. The van der Waals surface area contributed by atoms with E-state index in [-0.39, 0.29) is 18.6 Å². The van der Waals surface area contributed by atoms with E-state index in [0.717, 1.165) is 0 Å². The summed E-state index contributed by atoms with van der Waals surface area (Å²) in [7, 11) is 0. The lowest BCUT2D eigenvalue weighted by Gasteiger charge is -2.13. The summed E-state index contributed by atoms with van der Waals surface area (Å²) in [6.07, 6.45) is 2.34. The van der Waals surface area contributed by atoms with Crippen molar-refractivity contribution < 1.29 is 14.3 Å². The van der Waals surface area contributed by atoms with Crippen molar-refractivity contribution in [1.29, 1.82) is 0 Å². The Bertz CT molecular complexity index is 503. The Kier molecular flexibility index (Phi) is 4.99. The molecule has 0 saturated heterocycles. The van der Waals surface area contributed by atoms with Crippen LogP contribution in [-0.4, -0.2) is 24.5 Å². The Labute approximate surface area is 125 Å². The molecule has 1 atom stereocenters. The molecule has 0 aromatic heterocycles. The van der Waals surface area contributed by atoms with Crippen LogP contribution in [0.2, 0.25) is 0 Å². The fraction of sp³-hybridized carbons (Fsp3) is 0.529. The van der Waals surface area contributed by atoms with Gasteiger partial charge in [-0.3, -0.25) is 4.79 Å². The van der Waals surface area contributed by atoms with Gasteiger partial charge in [-0.25, -0.2) is 4.79 Å². The van der Waals surface area contributed by atoms with Gasteiger partial charge in [0.1, 0.15) is 0 Å². The number of nitrogens with one attached hydrogen (secondary N) is 1. The van der Waals surface area contributed by atoms with Gasteiger partial charge in [0.15, 0.2) is 6.61 Å². The Morgan fingerprint density at radius 1 is 1.19 bits per heavy atom. The summed E-state index contributed by atoms with van der Waals surface area (Å²) in [6.45, 7) is 5.96. The van der Waals surface area contributed by atoms with Gasteiger partial charge in [0, 0.05) is 6.04 Å². The highest BCUT2D eigenvalue weighted by molar-refractivity contribution is 5.91. The van der Waals surface area contributed by atoms with Crippen molar-refractivity contribution in [1.82, 2.24) is 5.32 Å². The van der Waals surface area contributed by atoms with Crippen molar-refractivity contribution in [3.8, 4) is 0 Å². The van der Waals surface area contributed by atoms with Crippen molar-refractivity contribution in [3.63, 3.8) is 0 Å². The van der Waals surface area contributed by atoms with Crippen LogP contribution < -0.4 is 5.32 Å². The Hall–Kier alpha value is -1.84. The predicted octanol–water partition coefficient (Wildman–Crippen LogP) is 2.88. The van der Waals surface area contributed by atoms with Gasteiger partial charge in [-0.05, 0) is 49.3 Å². The Balaban J connectivity index is 1.79. The highest BCUT2D eigenvalue weighted by Gasteiger charge is 2.28. The second-order valence-corrected chi connectivity index (χ2v) is 6.05. The van der Waals surface area contributed by atoms with Crippen LogP contribution in [0.5, 0.6) is 0 Å². The maximum Gasteiger partial charge on any atom is 0.338 e. The van der Waals surface area contributed by atoms with Crippen LogP contribution in [0.1, 0.15) is 55.5 Å². The maximum absolute atomic E-state index is 11.9. The van der Waals surface area contributed by atoms with Gasteiger partial charge in [0.05, 0.1) is 5.56 Å². The monoisotopic (exact) mass is 289 g/mol. The number of carbonyl (C=O) groups is 2. The molecule has 0 spiro atoms. The van der Waals surface area contributed by atoms with Crippen LogP contribution >= 0.6 is 0 Å². The van der Waals surface area contributed by atoms with Crippen molar-refractivity contribution in [3.05, 3.63) is 35.4 Å². The third kappa shape index (κ3) is 4.59. The first-order valence-electron chi connectivity index (χ1n) is 7.54. The fourth-order valence-corrected chi connectivity index (χ4v) is 2.23. The number of amides is 1. The Morgan fingerprint density at radius 2 is 1.81 bits per heavy atom. The number of carbonyl (C=O) groups excluding carboxylic acids is 2. The van der Waals surface area contributed by atoms with E-state index in [4.69, 9.17) is 4.74 Å². The fourth-order valence-electron chi connectivity index (χ4n) is 2.23. The van der Waals surface area contributed by atoms with E-state index >= 15 is 0 Å². The molecule has 1 aromatic rings. The lowest BCUT2D eigenvalue weighted by atomic mass is 10.0. The number of ether oxygens (including phenoxy) is 1. The van der Waals surface area contributed by atoms with Crippen molar-refractivity contribution in [2.24, 2.45) is 5.92 Å². The minimum Gasteiger partial charge on any atom is -0.452 e. The van der Waals surface area contributed by atoms with Gasteiger partial charge in [-0.2, -0.15) is 0 Å². The molecule has 0 radical (unpaired) electrons. The molecule has 1 amide bonds. The smallest absolute Gasteiger partial charge is 0.338 e. The van der Waals surface area contributed by atoms with E-state index in [2.05, 4.69) is 19.2 Å². The zero-order chi connectivity index (χ0) is 15.4. The van der Waals surface area contributed by atoms with Gasteiger partial charge in [-0.15, -0.1) is 0 Å². The zero-order valence-corrected chi connectivity index (χ0v) is 12.9. The number of hydrogen-bond acceptors (Lipinski definition) is 3. The van der Waals surface area contributed by atoms with Crippen molar-refractivity contribution >= 4 is 11.9 Å². The van der Waals surface area contributed by atoms with Crippen LogP contribution in [0, 0.1) is 5.92 Å². The van der Waals surface area contributed by atoms with Gasteiger partial charge in [0.25, 0.3) is 5.91 Å². The average Bonchev–Trinajstić information content (AvgIpc) is 3.29. The number of esters is 1. The number of benzene rings is 1. The molecule has 4 heteroatoms. The van der Waals surface area contributed by atoms with E-state index < -0.39 is 5.97 Å². The lowest BCUT2D eigenvalue weighted by molar-refractivity contribution is -0.124. The molecule has 1 aliphatic rings. The molecule has 21 heavy (non-hydrogen) atoms. The van der Waals surface area contributed by atoms with Gasteiger partial charge in [-0.1, -0.05) is 26.0 Å². The molecule has 1 aliphatic carbocycles. The minimum absolute atomic E-state index is 0.168. The molecule has 1 fully saturated rings. The largest absolute Gasteiger partial charge is 0.452 e. The number of rotatable bonds is 6. The molecule has 1 aromatic carbocycles. The van der Waals surface area contributed by atoms with Gasteiger partial charge < -0.3 is 10.1 Å². The Morgan fingerprint density at radius 3 is 2.33 bits per heavy atom. The maximum atomic E-state index is 11.9. The topological polar surface area (TPSA) is 55.4 Å². The standard InChI is InChI=1S/C17H23NO3/c1-11(2)13-4-8-15(9-5-13)17(20)21-10-16(19)18-12(3)14-6-7-14/h4-5,8-9,11-12,14H,6-7,10H2,1-3H3,(H,18,19)/t12-/m0/s1. The highest BCUT2D eigenvalue weighted by Crippen LogP contribution is 2.32. The zero-order valence-electron chi connectivity index (χ0n) is 12.9. The SMILES string of the molecule is CC(C)c1ccc(C(=O)OCC(=O)N[C@@H](C)C2CC2)cc1. The average molecular weight is 289 g/mol. The van der Waals surface area contributed by atoms with E-state index in [1.807, 2.05) is 19.1 Å². The van der Waals surface area contributed by atoms with Crippen LogP contribution in [0.15, 0.2) is 24.3 Å². The van der Waals surface area contributed by atoms with E-state index in [1.54, 1.807) is 12.1 Å². The second-order valence-electron chi connectivity index (χ2n) is 6.05. The molecule has 0 unspecified atom stereocenters. The second kappa shape index (κ2) is 6.74. The molecular weight excluding hydrogens is 266 g/mol. The van der Waals surface area contributed by atoms with Gasteiger partial charge in [0.2, 0.25) is 0 Å². The summed E-state index contributed by atoms with van der Waals surface area (Å²) < 4.78 is 5.04. The van der Waals surface area contributed by atoms with Gasteiger partial charge >= 0.3 is 5.97 Å². The summed E-state index contributed by atoms with van der Waals surface area (Å²) in [4.78, 5) is 23.5. The molecule has 1 N–H and O–H groups in total. The normalized spacial score (nSPS) is 15.6. The van der Waals surface area contributed by atoms with Crippen LogP contribution in [0.25, 0.3) is 0 Å². The first-order chi connectivity index (χ1) is 9.97. The molecule has 0 heterocycles. The molecule has 1 saturated carbocycles. The first-order valence-corrected chi connectivity index (χ1v) is 7.54. The van der Waals surface area contributed by atoms with Crippen LogP contribution in [0.3, 0.4) is 0 Å². The molecule has 114 valence electrons. The van der Waals surface area contributed by atoms with Crippen molar-refractivity contribution in [2.45, 2.75) is 45.6 Å². The van der Waals surface area contributed by atoms with E-state index in [9.17, 15) is 9.59 Å². The quantitative estimate of drug-likeness (QED) is 0.819. The predicted molar refractivity (Wildman–Crippen MR) is 81.1 cm³/mol. The highest BCUT2D eigenvalue weighted by atomic mass is 16.5. The summed E-state index contributed by atoms with van der Waals surface area (Å²) in [5.41, 5.74) is 1.64. The summed E-state index contributed by atoms with van der Waals surface area (Å²) >= 11 is 0.